The third kappa shape index (κ3) is 5.77. The molecule has 0 saturated carbocycles. The van der Waals surface area contributed by atoms with Gasteiger partial charge >= 0.3 is 0 Å². The minimum Gasteiger partial charge on any atom is -0.493 e. The van der Waals surface area contributed by atoms with E-state index < -0.39 is 0 Å². The SMILES string of the molecule is CCn1c(SCC(=O)N/N=C/c2ccc(OC)c(OC)c2)nnc1-c1ccc(Cl)cc1. The topological polar surface area (TPSA) is 90.6 Å². The van der Waals surface area contributed by atoms with Gasteiger partial charge in [-0.25, -0.2) is 5.43 Å². The molecule has 2 aromatic carbocycles. The first kappa shape index (κ1) is 22.6. The second kappa shape index (κ2) is 10.8. The fourth-order valence-corrected chi connectivity index (χ4v) is 3.69. The van der Waals surface area contributed by atoms with Crippen molar-refractivity contribution in [2.75, 3.05) is 20.0 Å². The molecule has 3 rings (SSSR count). The van der Waals surface area contributed by atoms with Crippen LogP contribution in [0.2, 0.25) is 5.02 Å². The van der Waals surface area contributed by atoms with Crippen LogP contribution in [-0.4, -0.2) is 46.9 Å². The summed E-state index contributed by atoms with van der Waals surface area (Å²) in [7, 11) is 3.13. The van der Waals surface area contributed by atoms with E-state index in [-0.39, 0.29) is 11.7 Å². The maximum Gasteiger partial charge on any atom is 0.250 e. The lowest BCUT2D eigenvalue weighted by Gasteiger charge is -2.07. The molecule has 0 fully saturated rings. The van der Waals surface area contributed by atoms with Crippen molar-refractivity contribution in [3.63, 3.8) is 0 Å². The summed E-state index contributed by atoms with van der Waals surface area (Å²) in [6, 6.07) is 12.8. The summed E-state index contributed by atoms with van der Waals surface area (Å²) in [5.74, 6) is 1.85. The highest BCUT2D eigenvalue weighted by Gasteiger charge is 2.14. The summed E-state index contributed by atoms with van der Waals surface area (Å²) < 4.78 is 12.4. The monoisotopic (exact) mass is 459 g/mol. The molecule has 31 heavy (non-hydrogen) atoms. The van der Waals surface area contributed by atoms with Crippen molar-refractivity contribution in [3.05, 3.63) is 53.1 Å². The number of carbonyl (C=O) groups is 1. The maximum absolute atomic E-state index is 12.2. The third-order valence-electron chi connectivity index (χ3n) is 4.28. The van der Waals surface area contributed by atoms with Crippen LogP contribution in [-0.2, 0) is 11.3 Å². The number of ether oxygens (including phenoxy) is 2. The van der Waals surface area contributed by atoms with Gasteiger partial charge in [-0.3, -0.25) is 4.79 Å². The molecular formula is C21H22ClN5O3S. The van der Waals surface area contributed by atoms with E-state index in [1.165, 1.54) is 18.0 Å². The molecule has 0 saturated heterocycles. The largest absolute Gasteiger partial charge is 0.493 e. The molecule has 0 spiro atoms. The molecule has 1 N–H and O–H groups in total. The van der Waals surface area contributed by atoms with E-state index in [0.717, 1.165) is 17.0 Å². The number of thioether (sulfide) groups is 1. The molecule has 1 amide bonds. The van der Waals surface area contributed by atoms with Gasteiger partial charge in [0.15, 0.2) is 22.5 Å². The number of hydrazone groups is 1. The molecule has 1 aromatic heterocycles. The van der Waals surface area contributed by atoms with Gasteiger partial charge < -0.3 is 14.0 Å². The van der Waals surface area contributed by atoms with Gasteiger partial charge in [-0.15, -0.1) is 10.2 Å². The first-order valence-electron chi connectivity index (χ1n) is 9.41. The maximum atomic E-state index is 12.2. The van der Waals surface area contributed by atoms with Crippen molar-refractivity contribution in [1.29, 1.82) is 0 Å². The highest BCUT2D eigenvalue weighted by Crippen LogP contribution is 2.27. The van der Waals surface area contributed by atoms with Gasteiger partial charge in [0.1, 0.15) is 0 Å². The van der Waals surface area contributed by atoms with Crippen LogP contribution >= 0.6 is 23.4 Å². The van der Waals surface area contributed by atoms with Gasteiger partial charge in [0, 0.05) is 17.1 Å². The van der Waals surface area contributed by atoms with E-state index in [1.54, 1.807) is 26.4 Å². The van der Waals surface area contributed by atoms with E-state index in [9.17, 15) is 4.79 Å². The first-order valence-corrected chi connectivity index (χ1v) is 10.8. The molecule has 0 radical (unpaired) electrons. The highest BCUT2D eigenvalue weighted by atomic mass is 35.5. The molecule has 10 heteroatoms. The smallest absolute Gasteiger partial charge is 0.250 e. The molecule has 3 aromatic rings. The van der Waals surface area contributed by atoms with Crippen molar-refractivity contribution in [2.24, 2.45) is 5.10 Å². The van der Waals surface area contributed by atoms with Gasteiger partial charge in [0.05, 0.1) is 26.2 Å². The first-order chi connectivity index (χ1) is 15.0. The lowest BCUT2D eigenvalue weighted by atomic mass is 10.2. The van der Waals surface area contributed by atoms with Crippen LogP contribution < -0.4 is 14.9 Å². The van der Waals surface area contributed by atoms with Crippen LogP contribution in [0.4, 0.5) is 0 Å². The van der Waals surface area contributed by atoms with Crippen LogP contribution in [0, 0.1) is 0 Å². The van der Waals surface area contributed by atoms with Crippen LogP contribution in [0.3, 0.4) is 0 Å². The number of hydrogen-bond acceptors (Lipinski definition) is 7. The molecule has 0 aliphatic carbocycles. The fraction of sp³-hybridized carbons (Fsp3) is 0.238. The van der Waals surface area contributed by atoms with Crippen molar-refractivity contribution >= 4 is 35.5 Å². The molecular weight excluding hydrogens is 438 g/mol. The molecule has 0 atom stereocenters. The molecule has 8 nitrogen and oxygen atoms in total. The Morgan fingerprint density at radius 2 is 1.90 bits per heavy atom. The molecule has 162 valence electrons. The Balaban J connectivity index is 1.58. The fourth-order valence-electron chi connectivity index (χ4n) is 2.77. The number of benzene rings is 2. The molecule has 0 unspecified atom stereocenters. The number of nitrogens with zero attached hydrogens (tertiary/aromatic N) is 4. The van der Waals surface area contributed by atoms with E-state index in [0.29, 0.717) is 28.2 Å². The second-order valence-electron chi connectivity index (χ2n) is 6.25. The quantitative estimate of drug-likeness (QED) is 0.296. The lowest BCUT2D eigenvalue weighted by molar-refractivity contribution is -0.118. The molecule has 1 heterocycles. The molecule has 0 aliphatic heterocycles. The van der Waals surface area contributed by atoms with Gasteiger partial charge in [0.2, 0.25) is 0 Å². The standard InChI is InChI=1S/C21H22ClN5O3S/c1-4-27-20(15-6-8-16(22)9-7-15)25-26-21(27)31-13-19(28)24-23-12-14-5-10-17(29-2)18(11-14)30-3/h5-12H,4,13H2,1-3H3,(H,24,28)/b23-12+. The van der Waals surface area contributed by atoms with Gasteiger partial charge in [-0.1, -0.05) is 23.4 Å². The highest BCUT2D eigenvalue weighted by molar-refractivity contribution is 7.99. The molecule has 0 bridgehead atoms. The summed E-state index contributed by atoms with van der Waals surface area (Å²) in [6.45, 7) is 2.67. The summed E-state index contributed by atoms with van der Waals surface area (Å²) in [5.41, 5.74) is 4.19. The van der Waals surface area contributed by atoms with Crippen LogP contribution in [0.5, 0.6) is 11.5 Å². The minimum atomic E-state index is -0.250. The summed E-state index contributed by atoms with van der Waals surface area (Å²) >= 11 is 7.25. The Labute approximate surface area is 189 Å². The predicted molar refractivity (Wildman–Crippen MR) is 122 cm³/mol. The zero-order valence-corrected chi connectivity index (χ0v) is 18.9. The molecule has 0 aliphatic rings. The Morgan fingerprint density at radius 3 is 2.58 bits per heavy atom. The number of aromatic nitrogens is 3. The summed E-state index contributed by atoms with van der Waals surface area (Å²) in [5, 5.41) is 13.8. The predicted octanol–water partition coefficient (Wildman–Crippen LogP) is 3.88. The van der Waals surface area contributed by atoms with Crippen LogP contribution in [0.15, 0.2) is 52.7 Å². The third-order valence-corrected chi connectivity index (χ3v) is 5.50. The zero-order chi connectivity index (χ0) is 22.2. The van der Waals surface area contributed by atoms with Crippen LogP contribution in [0.25, 0.3) is 11.4 Å². The Morgan fingerprint density at radius 1 is 1.16 bits per heavy atom. The van der Waals surface area contributed by atoms with Gasteiger partial charge in [0.25, 0.3) is 5.91 Å². The van der Waals surface area contributed by atoms with E-state index in [2.05, 4.69) is 20.7 Å². The normalized spacial score (nSPS) is 11.0. The number of methoxy groups -OCH3 is 2. The average Bonchev–Trinajstić information content (AvgIpc) is 3.21. The van der Waals surface area contributed by atoms with Crippen LogP contribution in [0.1, 0.15) is 12.5 Å². The van der Waals surface area contributed by atoms with Gasteiger partial charge in [-0.05, 0) is 55.0 Å². The number of hydrogen-bond donors (Lipinski definition) is 1. The Hall–Kier alpha value is -3.04. The average molecular weight is 460 g/mol. The minimum absolute atomic E-state index is 0.155. The van der Waals surface area contributed by atoms with E-state index in [4.69, 9.17) is 21.1 Å². The van der Waals surface area contributed by atoms with Crippen molar-refractivity contribution in [2.45, 2.75) is 18.6 Å². The number of rotatable bonds is 9. The number of carbonyl (C=O) groups excluding carboxylic acids is 1. The number of nitrogens with one attached hydrogen (secondary N) is 1. The summed E-state index contributed by atoms with van der Waals surface area (Å²) in [4.78, 5) is 12.2. The van der Waals surface area contributed by atoms with Crippen molar-refractivity contribution in [3.8, 4) is 22.9 Å². The zero-order valence-electron chi connectivity index (χ0n) is 17.3. The second-order valence-corrected chi connectivity index (χ2v) is 7.63. The van der Waals surface area contributed by atoms with Gasteiger partial charge in [-0.2, -0.15) is 5.10 Å². The number of amides is 1. The lowest BCUT2D eigenvalue weighted by Crippen LogP contribution is -2.20. The van der Waals surface area contributed by atoms with Crippen molar-refractivity contribution in [1.82, 2.24) is 20.2 Å². The number of halogens is 1. The Bertz CT molecular complexity index is 1070. The van der Waals surface area contributed by atoms with E-state index >= 15 is 0 Å². The van der Waals surface area contributed by atoms with E-state index in [1.807, 2.05) is 41.8 Å². The Kier molecular flexibility index (Phi) is 7.91. The van der Waals surface area contributed by atoms with Crippen molar-refractivity contribution < 1.29 is 14.3 Å². The summed E-state index contributed by atoms with van der Waals surface area (Å²) in [6.07, 6.45) is 1.54.